The zero-order valence-electron chi connectivity index (χ0n) is 7.12. The molecule has 0 spiro atoms. The van der Waals surface area contributed by atoms with Crippen molar-refractivity contribution in [3.8, 4) is 0 Å². The minimum atomic E-state index is -4.40. The molecule has 0 heterocycles. The van der Waals surface area contributed by atoms with Crippen molar-refractivity contribution in [1.29, 1.82) is 0 Å². The maximum Gasteiger partial charge on any atom is 0.416 e. The molecule has 1 nitrogen and oxygen atoms in total. The van der Waals surface area contributed by atoms with Crippen molar-refractivity contribution in [1.82, 2.24) is 0 Å². The highest BCUT2D eigenvalue weighted by atomic mass is 19.4. The van der Waals surface area contributed by atoms with E-state index in [0.717, 1.165) is 18.2 Å². The van der Waals surface area contributed by atoms with Crippen molar-refractivity contribution in [2.45, 2.75) is 12.3 Å². The molecule has 0 fully saturated rings. The fourth-order valence-electron chi connectivity index (χ4n) is 1.01. The van der Waals surface area contributed by atoms with Gasteiger partial charge in [-0.1, -0.05) is 12.1 Å². The molecule has 0 bridgehead atoms. The van der Waals surface area contributed by atoms with Gasteiger partial charge in [0.05, 0.1) is 5.56 Å². The van der Waals surface area contributed by atoms with Crippen LogP contribution in [0.15, 0.2) is 30.3 Å². The Kier molecular flexibility index (Phi) is 2.89. The van der Waals surface area contributed by atoms with Crippen molar-refractivity contribution in [3.05, 3.63) is 48.0 Å². The second kappa shape index (κ2) is 3.78. The second-order valence-electron chi connectivity index (χ2n) is 2.76. The normalized spacial score (nSPS) is 13.6. The molecule has 0 saturated heterocycles. The monoisotopic (exact) mass is 201 g/mol. The number of benzene rings is 1. The fraction of sp³-hybridized carbons (Fsp3) is 0.200. The number of alkyl halides is 3. The maximum absolute atomic E-state index is 12.2. The molecule has 1 atom stereocenters. The van der Waals surface area contributed by atoms with E-state index in [1.165, 1.54) is 12.1 Å². The summed E-state index contributed by atoms with van der Waals surface area (Å²) in [6.07, 6.45) is -4.64. The van der Waals surface area contributed by atoms with Gasteiger partial charge in [-0.2, -0.15) is 13.2 Å². The van der Waals surface area contributed by atoms with Crippen molar-refractivity contribution in [2.75, 3.05) is 0 Å². The number of aliphatic hydroxyl groups excluding tert-OH is 1. The van der Waals surface area contributed by atoms with E-state index in [4.69, 9.17) is 6.58 Å². The minimum Gasteiger partial charge on any atom is -0.380 e. The van der Waals surface area contributed by atoms with Gasteiger partial charge in [0.2, 0.25) is 6.58 Å². The van der Waals surface area contributed by atoms with E-state index in [1.807, 2.05) is 0 Å². The predicted octanol–water partition coefficient (Wildman–Crippen LogP) is 2.73. The molecular formula is C10H8F3O+. The molecule has 74 valence electrons. The standard InChI is InChI=1S/C10H8F3O/c1-2-9(14)7-4-3-5-8(6-7)10(11,12)13/h1-6,9,14H/q+1. The molecule has 0 aliphatic rings. The van der Waals surface area contributed by atoms with E-state index < -0.39 is 17.8 Å². The average Bonchev–Trinajstić information content (AvgIpc) is 2.15. The maximum atomic E-state index is 12.2. The summed E-state index contributed by atoms with van der Waals surface area (Å²) in [6, 6.07) is 4.41. The number of hydrogen-bond acceptors (Lipinski definition) is 1. The number of hydrogen-bond donors (Lipinski definition) is 1. The lowest BCUT2D eigenvalue weighted by Crippen LogP contribution is -2.06. The summed E-state index contributed by atoms with van der Waals surface area (Å²) < 4.78 is 36.6. The average molecular weight is 201 g/mol. The van der Waals surface area contributed by atoms with Gasteiger partial charge >= 0.3 is 6.18 Å². The molecular weight excluding hydrogens is 193 g/mol. The fourth-order valence-corrected chi connectivity index (χ4v) is 1.01. The second-order valence-corrected chi connectivity index (χ2v) is 2.76. The summed E-state index contributed by atoms with van der Waals surface area (Å²) in [7, 11) is 0. The SMILES string of the molecule is [CH+]=CC(O)c1cccc(C(F)(F)F)c1. The van der Waals surface area contributed by atoms with Crippen molar-refractivity contribution in [3.63, 3.8) is 0 Å². The number of halogens is 3. The smallest absolute Gasteiger partial charge is 0.380 e. The van der Waals surface area contributed by atoms with Crippen molar-refractivity contribution < 1.29 is 18.3 Å². The third-order valence-electron chi connectivity index (χ3n) is 1.74. The summed E-state index contributed by atoms with van der Waals surface area (Å²) in [5.41, 5.74) is -0.668. The zero-order valence-corrected chi connectivity index (χ0v) is 7.12. The predicted molar refractivity (Wildman–Crippen MR) is 45.3 cm³/mol. The highest BCUT2D eigenvalue weighted by Crippen LogP contribution is 2.30. The van der Waals surface area contributed by atoms with Crippen LogP contribution in [-0.2, 0) is 6.18 Å². The lowest BCUT2D eigenvalue weighted by atomic mass is 10.1. The van der Waals surface area contributed by atoms with Crippen LogP contribution in [0.2, 0.25) is 0 Å². The van der Waals surface area contributed by atoms with Crippen LogP contribution >= 0.6 is 0 Å². The molecule has 1 unspecified atom stereocenters. The molecule has 4 heteroatoms. The Bertz CT molecular complexity index is 330. The first-order valence-corrected chi connectivity index (χ1v) is 3.85. The Morgan fingerprint density at radius 3 is 2.50 bits per heavy atom. The summed E-state index contributed by atoms with van der Waals surface area (Å²) >= 11 is 0. The summed E-state index contributed by atoms with van der Waals surface area (Å²) in [5, 5.41) is 9.17. The van der Waals surface area contributed by atoms with E-state index in [2.05, 4.69) is 0 Å². The summed E-state index contributed by atoms with van der Waals surface area (Å²) in [4.78, 5) is 0. The molecule has 1 N–H and O–H groups in total. The van der Waals surface area contributed by atoms with Crippen LogP contribution in [-0.4, -0.2) is 5.11 Å². The first-order chi connectivity index (χ1) is 6.45. The van der Waals surface area contributed by atoms with E-state index >= 15 is 0 Å². The summed E-state index contributed by atoms with van der Waals surface area (Å²) in [5.74, 6) is 0. The van der Waals surface area contributed by atoms with Crippen LogP contribution in [0.5, 0.6) is 0 Å². The molecule has 1 aromatic rings. The third-order valence-corrected chi connectivity index (χ3v) is 1.74. The van der Waals surface area contributed by atoms with Gasteiger partial charge in [0, 0.05) is 0 Å². The minimum absolute atomic E-state index is 0.127. The van der Waals surface area contributed by atoms with E-state index in [1.54, 1.807) is 0 Å². The molecule has 1 aromatic carbocycles. The zero-order chi connectivity index (χ0) is 10.8. The van der Waals surface area contributed by atoms with Crippen molar-refractivity contribution >= 4 is 0 Å². The lowest BCUT2D eigenvalue weighted by molar-refractivity contribution is -0.137. The molecule has 0 aliphatic carbocycles. The van der Waals surface area contributed by atoms with E-state index in [0.29, 0.717) is 0 Å². The third kappa shape index (κ3) is 2.31. The quantitative estimate of drug-likeness (QED) is 0.729. The largest absolute Gasteiger partial charge is 0.416 e. The van der Waals surface area contributed by atoms with Crippen LogP contribution in [0.25, 0.3) is 0 Å². The van der Waals surface area contributed by atoms with Gasteiger partial charge in [0.15, 0.2) is 6.08 Å². The van der Waals surface area contributed by atoms with Crippen LogP contribution in [0, 0.1) is 6.58 Å². The molecule has 0 aromatic heterocycles. The number of rotatable bonds is 2. The first kappa shape index (κ1) is 10.7. The topological polar surface area (TPSA) is 20.2 Å². The van der Waals surface area contributed by atoms with Gasteiger partial charge in [-0.3, -0.25) is 0 Å². The molecule has 0 amide bonds. The van der Waals surface area contributed by atoms with Gasteiger partial charge in [0.1, 0.15) is 6.10 Å². The first-order valence-electron chi connectivity index (χ1n) is 3.85. The van der Waals surface area contributed by atoms with Crippen LogP contribution in [0.1, 0.15) is 17.2 Å². The Morgan fingerprint density at radius 1 is 1.36 bits per heavy atom. The molecule has 0 saturated carbocycles. The van der Waals surface area contributed by atoms with Gasteiger partial charge in [-0.25, -0.2) is 0 Å². The Morgan fingerprint density at radius 2 is 2.00 bits per heavy atom. The highest BCUT2D eigenvalue weighted by Gasteiger charge is 2.30. The molecule has 0 radical (unpaired) electrons. The Labute approximate surface area is 79.5 Å². The molecule has 14 heavy (non-hydrogen) atoms. The highest BCUT2D eigenvalue weighted by molar-refractivity contribution is 5.28. The van der Waals surface area contributed by atoms with Gasteiger partial charge in [-0.05, 0) is 17.7 Å². The van der Waals surface area contributed by atoms with Crippen LogP contribution < -0.4 is 0 Å². The Balaban J connectivity index is 3.07. The van der Waals surface area contributed by atoms with Crippen LogP contribution in [0.4, 0.5) is 13.2 Å². The van der Waals surface area contributed by atoms with Gasteiger partial charge < -0.3 is 5.11 Å². The van der Waals surface area contributed by atoms with E-state index in [9.17, 15) is 18.3 Å². The summed E-state index contributed by atoms with van der Waals surface area (Å²) in [6.45, 7) is 5.01. The van der Waals surface area contributed by atoms with Crippen LogP contribution in [0.3, 0.4) is 0 Å². The molecule has 1 rings (SSSR count). The van der Waals surface area contributed by atoms with E-state index in [-0.39, 0.29) is 5.56 Å². The number of aliphatic hydroxyl groups is 1. The van der Waals surface area contributed by atoms with Crippen molar-refractivity contribution in [2.24, 2.45) is 0 Å². The van der Waals surface area contributed by atoms with Gasteiger partial charge in [-0.15, -0.1) is 0 Å². The molecule has 0 aliphatic heterocycles. The Hall–Kier alpha value is -1.38. The van der Waals surface area contributed by atoms with Gasteiger partial charge in [0.25, 0.3) is 0 Å². The lowest BCUT2D eigenvalue weighted by Gasteiger charge is -2.08.